The summed E-state index contributed by atoms with van der Waals surface area (Å²) in [5.74, 6) is -1.84. The van der Waals surface area contributed by atoms with Crippen LogP contribution in [0.4, 0.5) is 0 Å². The standard InChI is InChI=1S/C20H21N3O4.ClH/c1-21-9-10-5-3-6-11-14-13(23(2)17(10)11)8-4-7-12-16(14)22-19(25)15(18(12)24)20(26)27;/h3,5-6,21H,4,7-9H2,1-2H3,(H,26,27)(H2,22,24,25);1H. The average Bonchev–Trinajstić information content (AvgIpc) is 2.77. The van der Waals surface area contributed by atoms with E-state index in [2.05, 4.69) is 20.9 Å². The maximum absolute atomic E-state index is 12.4. The number of aromatic nitrogens is 2. The molecule has 2 heterocycles. The Labute approximate surface area is 167 Å². The molecule has 148 valence electrons. The lowest BCUT2D eigenvalue weighted by atomic mass is 9.99. The summed E-state index contributed by atoms with van der Waals surface area (Å²) in [6, 6.07) is 6.04. The third-order valence-corrected chi connectivity index (χ3v) is 5.38. The second kappa shape index (κ2) is 7.33. The Balaban J connectivity index is 0.00000225. The normalized spacial score (nSPS) is 12.8. The van der Waals surface area contributed by atoms with Crippen LogP contribution in [0.1, 0.15) is 33.6 Å². The van der Waals surface area contributed by atoms with E-state index in [1.807, 2.05) is 26.2 Å². The number of hydrogen-bond acceptors (Lipinski definition) is 4. The van der Waals surface area contributed by atoms with Gasteiger partial charge in [0.05, 0.1) is 11.2 Å². The molecule has 0 aliphatic heterocycles. The van der Waals surface area contributed by atoms with E-state index < -0.39 is 22.8 Å². The lowest BCUT2D eigenvalue weighted by Crippen LogP contribution is -2.20. The molecule has 4 N–H and O–H groups in total. The van der Waals surface area contributed by atoms with E-state index in [1.165, 1.54) is 0 Å². The molecule has 0 bridgehead atoms. The van der Waals surface area contributed by atoms with Gasteiger partial charge in [0.2, 0.25) is 0 Å². The third kappa shape index (κ3) is 2.78. The smallest absolute Gasteiger partial charge is 0.345 e. The number of hydrogen-bond donors (Lipinski definition) is 4. The van der Waals surface area contributed by atoms with Gasteiger partial charge >= 0.3 is 5.97 Å². The van der Waals surface area contributed by atoms with E-state index in [-0.39, 0.29) is 12.4 Å². The van der Waals surface area contributed by atoms with Gasteiger partial charge in [-0.3, -0.25) is 4.79 Å². The fourth-order valence-corrected chi connectivity index (χ4v) is 4.27. The lowest BCUT2D eigenvalue weighted by Gasteiger charge is -2.11. The molecule has 2 aromatic heterocycles. The number of aryl methyl sites for hydroxylation is 1. The van der Waals surface area contributed by atoms with Gasteiger partial charge in [-0.05, 0) is 31.9 Å². The number of rotatable bonds is 3. The number of fused-ring (bicyclic) bond motifs is 5. The fraction of sp³-hybridized carbons (Fsp3) is 0.300. The highest BCUT2D eigenvalue weighted by Crippen LogP contribution is 2.41. The van der Waals surface area contributed by atoms with E-state index in [9.17, 15) is 19.8 Å². The molecule has 4 rings (SSSR count). The van der Waals surface area contributed by atoms with Crippen LogP contribution >= 0.6 is 12.4 Å². The van der Waals surface area contributed by atoms with Gasteiger partial charge in [0, 0.05) is 35.8 Å². The van der Waals surface area contributed by atoms with Crippen molar-refractivity contribution in [1.29, 1.82) is 0 Å². The molecule has 1 aliphatic rings. The Morgan fingerprint density at radius 1 is 1.32 bits per heavy atom. The number of aromatic hydroxyl groups is 1. The first kappa shape index (κ1) is 20.0. The molecule has 8 heteroatoms. The van der Waals surface area contributed by atoms with E-state index in [0.717, 1.165) is 40.6 Å². The van der Waals surface area contributed by atoms with Crippen molar-refractivity contribution in [2.24, 2.45) is 7.05 Å². The SMILES string of the molecule is CNCc1cccc2c3c(n(C)c12)CCCc1c-3[nH]c(=O)c(C(=O)O)c1O.Cl. The van der Waals surface area contributed by atoms with Crippen LogP contribution in [0, 0.1) is 0 Å². The molecule has 0 fully saturated rings. The number of aromatic carboxylic acids is 1. The number of carboxylic acids is 1. The number of aromatic amines is 1. The number of halogens is 1. The van der Waals surface area contributed by atoms with Crippen LogP contribution in [0.2, 0.25) is 0 Å². The van der Waals surface area contributed by atoms with Gasteiger partial charge < -0.3 is 25.1 Å². The van der Waals surface area contributed by atoms with Crippen LogP contribution in [0.15, 0.2) is 23.0 Å². The topological polar surface area (TPSA) is 107 Å². The molecule has 0 amide bonds. The summed E-state index contributed by atoms with van der Waals surface area (Å²) in [4.78, 5) is 26.5. The molecular weight excluding hydrogens is 382 g/mol. The Bertz CT molecular complexity index is 1150. The Morgan fingerprint density at radius 3 is 2.75 bits per heavy atom. The van der Waals surface area contributed by atoms with Gasteiger partial charge in [0.15, 0.2) is 5.56 Å². The van der Waals surface area contributed by atoms with Crippen molar-refractivity contribution in [3.05, 3.63) is 50.9 Å². The number of nitrogens with one attached hydrogen (secondary N) is 2. The first-order valence-corrected chi connectivity index (χ1v) is 8.91. The number of para-hydroxylation sites is 1. The minimum atomic E-state index is -1.42. The minimum Gasteiger partial charge on any atom is -0.506 e. The predicted molar refractivity (Wildman–Crippen MR) is 110 cm³/mol. The number of carboxylic acid groups (broad SMARTS) is 1. The van der Waals surface area contributed by atoms with Crippen LogP contribution in [-0.4, -0.2) is 32.8 Å². The van der Waals surface area contributed by atoms with Crippen molar-refractivity contribution < 1.29 is 15.0 Å². The third-order valence-electron chi connectivity index (χ3n) is 5.38. The van der Waals surface area contributed by atoms with E-state index in [4.69, 9.17) is 0 Å². The fourth-order valence-electron chi connectivity index (χ4n) is 4.27. The summed E-state index contributed by atoms with van der Waals surface area (Å²) < 4.78 is 2.15. The maximum atomic E-state index is 12.4. The first-order chi connectivity index (χ1) is 13.0. The van der Waals surface area contributed by atoms with Crippen LogP contribution in [-0.2, 0) is 26.4 Å². The minimum absolute atomic E-state index is 0. The molecule has 0 radical (unpaired) electrons. The number of H-pyrrole nitrogens is 1. The van der Waals surface area contributed by atoms with E-state index in [0.29, 0.717) is 24.2 Å². The van der Waals surface area contributed by atoms with Crippen molar-refractivity contribution in [3.8, 4) is 17.0 Å². The number of carbonyl (C=O) groups is 1. The summed E-state index contributed by atoms with van der Waals surface area (Å²) >= 11 is 0. The summed E-state index contributed by atoms with van der Waals surface area (Å²) in [5.41, 5.74) is 3.82. The second-order valence-electron chi connectivity index (χ2n) is 6.91. The molecule has 1 aliphatic carbocycles. The predicted octanol–water partition coefficient (Wildman–Crippen LogP) is 2.57. The van der Waals surface area contributed by atoms with E-state index >= 15 is 0 Å². The molecule has 0 saturated carbocycles. The maximum Gasteiger partial charge on any atom is 0.345 e. The van der Waals surface area contributed by atoms with Crippen molar-refractivity contribution >= 4 is 29.3 Å². The summed E-state index contributed by atoms with van der Waals surface area (Å²) in [6.07, 6.45) is 2.03. The van der Waals surface area contributed by atoms with Crippen LogP contribution in [0.3, 0.4) is 0 Å². The molecule has 0 unspecified atom stereocenters. The van der Waals surface area contributed by atoms with Gasteiger partial charge in [-0.25, -0.2) is 4.79 Å². The zero-order valence-corrected chi connectivity index (χ0v) is 16.4. The van der Waals surface area contributed by atoms with Gasteiger partial charge in [-0.1, -0.05) is 18.2 Å². The molecule has 0 spiro atoms. The largest absolute Gasteiger partial charge is 0.506 e. The number of pyridine rings is 1. The Kier molecular flexibility index (Phi) is 5.23. The molecule has 1 aromatic carbocycles. The Morgan fingerprint density at radius 2 is 2.07 bits per heavy atom. The van der Waals surface area contributed by atoms with Gasteiger partial charge in [0.25, 0.3) is 5.56 Å². The molecular formula is C20H22ClN3O4. The monoisotopic (exact) mass is 403 g/mol. The van der Waals surface area contributed by atoms with Crippen molar-refractivity contribution in [1.82, 2.24) is 14.9 Å². The molecule has 3 aromatic rings. The zero-order chi connectivity index (χ0) is 19.3. The summed E-state index contributed by atoms with van der Waals surface area (Å²) in [6.45, 7) is 0.709. The van der Waals surface area contributed by atoms with Crippen molar-refractivity contribution in [2.45, 2.75) is 25.8 Å². The molecule has 0 atom stereocenters. The molecule has 0 saturated heterocycles. The highest BCUT2D eigenvalue weighted by molar-refractivity contribution is 6.01. The van der Waals surface area contributed by atoms with E-state index in [1.54, 1.807) is 0 Å². The first-order valence-electron chi connectivity index (χ1n) is 8.91. The van der Waals surface area contributed by atoms with Gasteiger partial charge in [-0.15, -0.1) is 12.4 Å². The summed E-state index contributed by atoms with van der Waals surface area (Å²) in [5, 5.41) is 24.0. The lowest BCUT2D eigenvalue weighted by molar-refractivity contribution is 0.0691. The Hall–Kier alpha value is -2.77. The highest BCUT2D eigenvalue weighted by Gasteiger charge is 2.28. The van der Waals surface area contributed by atoms with Crippen molar-refractivity contribution in [3.63, 3.8) is 0 Å². The summed E-state index contributed by atoms with van der Waals surface area (Å²) in [7, 11) is 3.90. The van der Waals surface area contributed by atoms with Crippen LogP contribution in [0.5, 0.6) is 5.75 Å². The molecule has 7 nitrogen and oxygen atoms in total. The quantitative estimate of drug-likeness (QED) is 0.537. The zero-order valence-electron chi connectivity index (χ0n) is 15.6. The van der Waals surface area contributed by atoms with Gasteiger partial charge in [-0.2, -0.15) is 0 Å². The second-order valence-corrected chi connectivity index (χ2v) is 6.91. The highest BCUT2D eigenvalue weighted by atomic mass is 35.5. The van der Waals surface area contributed by atoms with Gasteiger partial charge in [0.1, 0.15) is 5.75 Å². The number of nitrogens with zero attached hydrogens (tertiary/aromatic N) is 1. The number of benzene rings is 1. The van der Waals surface area contributed by atoms with Crippen LogP contribution in [0.25, 0.3) is 22.2 Å². The van der Waals surface area contributed by atoms with Crippen molar-refractivity contribution in [2.75, 3.05) is 7.05 Å². The van der Waals surface area contributed by atoms with Crippen LogP contribution < -0.4 is 10.9 Å². The molecule has 28 heavy (non-hydrogen) atoms. The average molecular weight is 404 g/mol.